The Hall–Kier alpha value is -2.64. The van der Waals surface area contributed by atoms with Crippen LogP contribution in [0.25, 0.3) is 0 Å². The maximum absolute atomic E-state index is 13.7. The molecule has 1 unspecified atom stereocenters. The maximum Gasteiger partial charge on any atom is 0.254 e. The second kappa shape index (κ2) is 9.71. The minimum absolute atomic E-state index is 0.121. The van der Waals surface area contributed by atoms with Gasteiger partial charge in [0, 0.05) is 29.8 Å². The fraction of sp³-hybridized carbons (Fsp3) is 0.409. The van der Waals surface area contributed by atoms with Gasteiger partial charge in [-0.3, -0.25) is 4.79 Å². The van der Waals surface area contributed by atoms with Gasteiger partial charge in [0.2, 0.25) is 0 Å². The van der Waals surface area contributed by atoms with Crippen LogP contribution in [0.4, 0.5) is 4.39 Å². The molecule has 1 heterocycles. The summed E-state index contributed by atoms with van der Waals surface area (Å²) in [6.45, 7) is 3.62. The van der Waals surface area contributed by atoms with Gasteiger partial charge in [0.15, 0.2) is 0 Å². The maximum atomic E-state index is 13.7. The molecule has 0 radical (unpaired) electrons. The van der Waals surface area contributed by atoms with E-state index in [1.54, 1.807) is 49.5 Å². The highest BCUT2D eigenvalue weighted by Crippen LogP contribution is 2.30. The van der Waals surface area contributed by atoms with Gasteiger partial charge in [-0.2, -0.15) is 0 Å². The Bertz CT molecular complexity index is 832. The molecule has 1 aliphatic rings. The summed E-state index contributed by atoms with van der Waals surface area (Å²) in [7, 11) is 3.13. The van der Waals surface area contributed by atoms with Crippen molar-refractivity contribution in [2.45, 2.75) is 19.6 Å². The number of hydrogen-bond acceptors (Lipinski definition) is 5. The predicted octanol–water partition coefficient (Wildman–Crippen LogP) is 3.21. The van der Waals surface area contributed by atoms with Crippen LogP contribution in [0.1, 0.15) is 21.5 Å². The molecule has 0 bridgehead atoms. The van der Waals surface area contributed by atoms with Gasteiger partial charge >= 0.3 is 0 Å². The number of methoxy groups -OCH3 is 2. The molecule has 0 spiro atoms. The van der Waals surface area contributed by atoms with Crippen LogP contribution < -0.4 is 9.47 Å². The van der Waals surface area contributed by atoms with Gasteiger partial charge in [-0.15, -0.1) is 0 Å². The number of nitrogens with zero attached hydrogens (tertiary/aromatic N) is 1. The molecule has 0 N–H and O–H groups in total. The van der Waals surface area contributed by atoms with E-state index in [2.05, 4.69) is 0 Å². The van der Waals surface area contributed by atoms with Crippen molar-refractivity contribution >= 4 is 5.91 Å². The zero-order valence-corrected chi connectivity index (χ0v) is 16.9. The first-order valence-corrected chi connectivity index (χ1v) is 9.48. The van der Waals surface area contributed by atoms with Crippen LogP contribution in [-0.2, 0) is 16.1 Å². The lowest BCUT2D eigenvalue weighted by Crippen LogP contribution is -2.47. The first-order chi connectivity index (χ1) is 14.0. The minimum Gasteiger partial charge on any atom is -0.496 e. The molecule has 1 fully saturated rings. The van der Waals surface area contributed by atoms with Crippen molar-refractivity contribution in [3.05, 3.63) is 58.9 Å². The molecule has 1 saturated heterocycles. The fourth-order valence-corrected chi connectivity index (χ4v) is 3.31. The summed E-state index contributed by atoms with van der Waals surface area (Å²) in [5.74, 6) is 0.789. The molecule has 2 aromatic carbocycles. The molecule has 1 atom stereocenters. The molecule has 1 aliphatic heterocycles. The molecule has 29 heavy (non-hydrogen) atoms. The van der Waals surface area contributed by atoms with Crippen LogP contribution in [0.2, 0.25) is 0 Å². The standard InChI is InChI=1S/C22H26FNO5/c1-15-20(26-2)10-17(11-21(15)27-3)22(25)24-8-9-29-18(12-24)14-28-13-16-6-4-5-7-19(16)23/h4-7,10-11,18H,8-9,12-14H2,1-3H3. The van der Waals surface area contributed by atoms with Gasteiger partial charge in [-0.05, 0) is 25.1 Å². The molecular weight excluding hydrogens is 377 g/mol. The number of carbonyl (C=O) groups is 1. The average molecular weight is 403 g/mol. The van der Waals surface area contributed by atoms with Crippen molar-refractivity contribution in [3.63, 3.8) is 0 Å². The molecule has 1 amide bonds. The lowest BCUT2D eigenvalue weighted by Gasteiger charge is -2.33. The molecule has 0 aliphatic carbocycles. The van der Waals surface area contributed by atoms with E-state index in [0.29, 0.717) is 42.3 Å². The van der Waals surface area contributed by atoms with Gasteiger partial charge in [-0.25, -0.2) is 4.39 Å². The smallest absolute Gasteiger partial charge is 0.254 e. The van der Waals surface area contributed by atoms with E-state index in [-0.39, 0.29) is 31.0 Å². The number of benzene rings is 2. The summed E-state index contributed by atoms with van der Waals surface area (Å²) in [6.07, 6.45) is -0.270. The Morgan fingerprint density at radius 1 is 1.21 bits per heavy atom. The van der Waals surface area contributed by atoms with Crippen molar-refractivity contribution in [2.75, 3.05) is 40.5 Å². The molecule has 0 aromatic heterocycles. The van der Waals surface area contributed by atoms with E-state index in [1.165, 1.54) is 6.07 Å². The Morgan fingerprint density at radius 2 is 1.90 bits per heavy atom. The van der Waals surface area contributed by atoms with E-state index in [9.17, 15) is 9.18 Å². The van der Waals surface area contributed by atoms with Crippen LogP contribution in [0.15, 0.2) is 36.4 Å². The highest BCUT2D eigenvalue weighted by molar-refractivity contribution is 5.95. The zero-order valence-electron chi connectivity index (χ0n) is 16.9. The third kappa shape index (κ3) is 5.05. The van der Waals surface area contributed by atoms with Crippen LogP contribution in [-0.4, -0.2) is 57.4 Å². The quantitative estimate of drug-likeness (QED) is 0.711. The van der Waals surface area contributed by atoms with Gasteiger partial charge < -0.3 is 23.8 Å². The van der Waals surface area contributed by atoms with E-state index < -0.39 is 0 Å². The summed E-state index contributed by atoms with van der Waals surface area (Å²) in [5, 5.41) is 0. The largest absolute Gasteiger partial charge is 0.496 e. The first kappa shape index (κ1) is 21.1. The average Bonchev–Trinajstić information content (AvgIpc) is 2.75. The monoisotopic (exact) mass is 403 g/mol. The molecule has 7 heteroatoms. The second-order valence-corrected chi connectivity index (χ2v) is 6.86. The zero-order chi connectivity index (χ0) is 20.8. The summed E-state index contributed by atoms with van der Waals surface area (Å²) >= 11 is 0. The van der Waals surface area contributed by atoms with E-state index in [0.717, 1.165) is 5.56 Å². The van der Waals surface area contributed by atoms with Crippen molar-refractivity contribution in [1.82, 2.24) is 4.90 Å². The predicted molar refractivity (Wildman–Crippen MR) is 106 cm³/mol. The van der Waals surface area contributed by atoms with Crippen LogP contribution in [0.3, 0.4) is 0 Å². The highest BCUT2D eigenvalue weighted by atomic mass is 19.1. The Morgan fingerprint density at radius 3 is 2.55 bits per heavy atom. The normalized spacial score (nSPS) is 16.6. The number of carbonyl (C=O) groups excluding carboxylic acids is 1. The Kier molecular flexibility index (Phi) is 7.06. The summed E-state index contributed by atoms with van der Waals surface area (Å²) in [4.78, 5) is 14.7. The molecular formula is C22H26FNO5. The van der Waals surface area contributed by atoms with Crippen molar-refractivity contribution in [1.29, 1.82) is 0 Å². The number of rotatable bonds is 7. The van der Waals surface area contributed by atoms with Gasteiger partial charge in [0.25, 0.3) is 5.91 Å². The SMILES string of the molecule is COc1cc(C(=O)N2CCOC(COCc3ccccc3F)C2)cc(OC)c1C. The van der Waals surface area contributed by atoms with Crippen molar-refractivity contribution < 1.29 is 28.1 Å². The van der Waals surface area contributed by atoms with Gasteiger partial charge in [-0.1, -0.05) is 18.2 Å². The highest BCUT2D eigenvalue weighted by Gasteiger charge is 2.26. The topological polar surface area (TPSA) is 57.2 Å². The summed E-state index contributed by atoms with van der Waals surface area (Å²) in [6, 6.07) is 9.94. The molecule has 0 saturated carbocycles. The molecule has 156 valence electrons. The number of halogens is 1. The number of morpholine rings is 1. The lowest BCUT2D eigenvalue weighted by molar-refractivity contribution is -0.0650. The summed E-state index contributed by atoms with van der Waals surface area (Å²) in [5.41, 5.74) is 1.83. The van der Waals surface area contributed by atoms with Gasteiger partial charge in [0.1, 0.15) is 17.3 Å². The van der Waals surface area contributed by atoms with Crippen molar-refractivity contribution in [2.24, 2.45) is 0 Å². The van der Waals surface area contributed by atoms with E-state index in [1.807, 2.05) is 6.92 Å². The summed E-state index contributed by atoms with van der Waals surface area (Å²) < 4.78 is 35.7. The minimum atomic E-state index is -0.295. The molecule has 6 nitrogen and oxygen atoms in total. The Balaban J connectivity index is 1.61. The van der Waals surface area contributed by atoms with Gasteiger partial charge in [0.05, 0.1) is 40.1 Å². The van der Waals surface area contributed by atoms with E-state index >= 15 is 0 Å². The fourth-order valence-electron chi connectivity index (χ4n) is 3.31. The number of ether oxygens (including phenoxy) is 4. The number of amides is 1. The molecule has 3 rings (SSSR count). The van der Waals surface area contributed by atoms with Crippen LogP contribution in [0, 0.1) is 12.7 Å². The van der Waals surface area contributed by atoms with Crippen molar-refractivity contribution in [3.8, 4) is 11.5 Å². The first-order valence-electron chi connectivity index (χ1n) is 9.48. The molecule has 2 aromatic rings. The number of hydrogen-bond donors (Lipinski definition) is 0. The van der Waals surface area contributed by atoms with Crippen LogP contribution in [0.5, 0.6) is 11.5 Å². The third-order valence-electron chi connectivity index (χ3n) is 4.94. The van der Waals surface area contributed by atoms with Crippen LogP contribution >= 0.6 is 0 Å². The lowest BCUT2D eigenvalue weighted by atomic mass is 10.1. The van der Waals surface area contributed by atoms with E-state index in [4.69, 9.17) is 18.9 Å². The second-order valence-electron chi connectivity index (χ2n) is 6.86. The third-order valence-corrected chi connectivity index (χ3v) is 4.94. The Labute approximate surface area is 170 Å².